The first-order valence-corrected chi connectivity index (χ1v) is 18.5. The van der Waals surface area contributed by atoms with Gasteiger partial charge < -0.3 is 0 Å². The number of fused-ring (bicyclic) bond motifs is 3. The monoisotopic (exact) mass is 686 g/mol. The van der Waals surface area contributed by atoms with Crippen LogP contribution in [-0.4, -0.2) is 20.7 Å². The Balaban J connectivity index is 1.19. The third kappa shape index (κ3) is 6.16. The topological polar surface area (TPSA) is 51.0 Å². The fourth-order valence-electron chi connectivity index (χ4n) is 6.95. The number of hydrogen-bond acceptors (Lipinski definition) is 5. The Labute approximate surface area is 307 Å². The Bertz CT molecular complexity index is 2600. The first-order chi connectivity index (χ1) is 25.7. The number of hydrogen-bond donors (Lipinski definition) is 0. The summed E-state index contributed by atoms with van der Waals surface area (Å²) >= 11 is 1.83. The molecular formula is C47H34N4S. The number of rotatable bonds is 7. The molecule has 0 saturated heterocycles. The zero-order chi connectivity index (χ0) is 34.9. The highest BCUT2D eigenvalue weighted by Gasteiger charge is 2.21. The van der Waals surface area contributed by atoms with E-state index in [0.29, 0.717) is 17.5 Å². The molecule has 0 amide bonds. The summed E-state index contributed by atoms with van der Waals surface area (Å²) in [7, 11) is 0. The maximum atomic E-state index is 5.39. The van der Waals surface area contributed by atoms with E-state index in [0.717, 1.165) is 51.2 Å². The lowest BCUT2D eigenvalue weighted by molar-refractivity contribution is 0.795. The fraction of sp³-hybridized carbons (Fsp3) is 0.0638. The van der Waals surface area contributed by atoms with Crippen molar-refractivity contribution in [2.75, 3.05) is 0 Å². The number of aromatic nitrogens is 3. The molecule has 0 saturated carbocycles. The van der Waals surface area contributed by atoms with Crippen LogP contribution in [0.15, 0.2) is 175 Å². The Kier molecular flexibility index (Phi) is 8.39. The van der Waals surface area contributed by atoms with Crippen LogP contribution < -0.4 is 0 Å². The van der Waals surface area contributed by atoms with Crippen LogP contribution in [0.5, 0.6) is 0 Å². The molecule has 8 aromatic rings. The molecular weight excluding hydrogens is 653 g/mol. The van der Waals surface area contributed by atoms with E-state index in [9.17, 15) is 0 Å². The second kappa shape index (κ2) is 13.8. The predicted octanol–water partition coefficient (Wildman–Crippen LogP) is 12.2. The van der Waals surface area contributed by atoms with E-state index in [1.165, 1.54) is 25.7 Å². The van der Waals surface area contributed by atoms with E-state index in [1.54, 1.807) is 0 Å². The van der Waals surface area contributed by atoms with Gasteiger partial charge in [0, 0.05) is 48.3 Å². The van der Waals surface area contributed by atoms with Gasteiger partial charge in [0.05, 0.1) is 11.4 Å². The van der Waals surface area contributed by atoms with Gasteiger partial charge in [0.1, 0.15) is 0 Å². The molecule has 1 aliphatic heterocycles. The summed E-state index contributed by atoms with van der Waals surface area (Å²) < 4.78 is 2.56. The van der Waals surface area contributed by atoms with Gasteiger partial charge in [-0.15, -0.1) is 11.3 Å². The zero-order valence-electron chi connectivity index (χ0n) is 28.6. The third-order valence-corrected chi connectivity index (χ3v) is 10.8. The Morgan fingerprint density at radius 1 is 0.481 bits per heavy atom. The van der Waals surface area contributed by atoms with Crippen LogP contribution in [0.25, 0.3) is 65.6 Å². The Morgan fingerprint density at radius 2 is 1.04 bits per heavy atom. The molecule has 1 unspecified atom stereocenters. The third-order valence-electron chi connectivity index (χ3n) is 9.63. The molecule has 9 rings (SSSR count). The number of nitrogens with zero attached hydrogens (tertiary/aromatic N) is 4. The van der Waals surface area contributed by atoms with Crippen molar-refractivity contribution >= 4 is 48.5 Å². The van der Waals surface area contributed by atoms with Crippen molar-refractivity contribution in [3.05, 3.63) is 187 Å². The highest BCUT2D eigenvalue weighted by Crippen LogP contribution is 2.38. The smallest absolute Gasteiger partial charge is 0.164 e. The van der Waals surface area contributed by atoms with E-state index < -0.39 is 0 Å². The molecule has 0 radical (unpaired) electrons. The molecule has 4 nitrogen and oxygen atoms in total. The first-order valence-electron chi connectivity index (χ1n) is 17.7. The van der Waals surface area contributed by atoms with E-state index in [1.807, 2.05) is 72.0 Å². The first kappa shape index (κ1) is 31.7. The maximum Gasteiger partial charge on any atom is 0.164 e. The summed E-state index contributed by atoms with van der Waals surface area (Å²) in [5, 5.41) is 2.58. The summed E-state index contributed by atoms with van der Waals surface area (Å²) in [6.45, 7) is 2.25. The largest absolute Gasteiger partial charge is 0.248 e. The van der Waals surface area contributed by atoms with Crippen molar-refractivity contribution in [1.29, 1.82) is 0 Å². The van der Waals surface area contributed by atoms with Gasteiger partial charge in [-0.3, -0.25) is 0 Å². The standard InChI is InChI=1S/C47H34N4S/c1-2-31-28-41(32-15-6-3-7-16-32)48-42(36-25-26-39-38-23-12-13-24-43(38)52-44(39)29-36)30-40(31)35-21-14-22-37(27-35)47-50-45(33-17-8-4-9-18-33)49-46(51-47)34-19-10-5-11-20-34/h3-31H,2H2,1H3. The van der Waals surface area contributed by atoms with E-state index in [-0.39, 0.29) is 5.92 Å². The number of aliphatic imine (C=N–C) groups is 1. The number of thiophene rings is 1. The minimum Gasteiger partial charge on any atom is -0.248 e. The Hall–Kier alpha value is -6.30. The van der Waals surface area contributed by atoms with Gasteiger partial charge in [0.2, 0.25) is 0 Å². The van der Waals surface area contributed by atoms with Gasteiger partial charge in [0.15, 0.2) is 17.5 Å². The lowest BCUT2D eigenvalue weighted by atomic mass is 9.87. The lowest BCUT2D eigenvalue weighted by Gasteiger charge is -2.17. The molecule has 0 aliphatic carbocycles. The van der Waals surface area contributed by atoms with Crippen LogP contribution in [-0.2, 0) is 0 Å². The van der Waals surface area contributed by atoms with Crippen LogP contribution in [0, 0.1) is 5.92 Å². The van der Waals surface area contributed by atoms with Gasteiger partial charge >= 0.3 is 0 Å². The average molecular weight is 687 g/mol. The SMILES string of the molecule is CCC1C=C(c2ccccc2)N=C(c2ccc3c(c2)sc2ccccc23)C=C1c1cccc(-c2nc(-c3ccccc3)nc(-c3ccccc3)n2)c1. The van der Waals surface area contributed by atoms with Crippen molar-refractivity contribution in [3.63, 3.8) is 0 Å². The van der Waals surface area contributed by atoms with Gasteiger partial charge in [0.25, 0.3) is 0 Å². The lowest BCUT2D eigenvalue weighted by Crippen LogP contribution is -2.04. The van der Waals surface area contributed by atoms with Gasteiger partial charge in [-0.2, -0.15) is 0 Å². The van der Waals surface area contributed by atoms with Crippen molar-refractivity contribution in [2.45, 2.75) is 13.3 Å². The maximum absolute atomic E-state index is 5.39. The van der Waals surface area contributed by atoms with Crippen LogP contribution in [0.3, 0.4) is 0 Å². The summed E-state index contributed by atoms with van der Waals surface area (Å²) in [6, 6.07) is 54.8. The molecule has 3 heterocycles. The minimum absolute atomic E-state index is 0.137. The number of benzene rings is 6. The molecule has 1 aliphatic rings. The van der Waals surface area contributed by atoms with Gasteiger partial charge in [-0.05, 0) is 47.4 Å². The summed E-state index contributed by atoms with van der Waals surface area (Å²) in [5.74, 6) is 2.08. The van der Waals surface area contributed by atoms with Gasteiger partial charge in [-0.25, -0.2) is 19.9 Å². The van der Waals surface area contributed by atoms with Crippen molar-refractivity contribution in [1.82, 2.24) is 15.0 Å². The molecule has 52 heavy (non-hydrogen) atoms. The van der Waals surface area contributed by atoms with E-state index >= 15 is 0 Å². The van der Waals surface area contributed by atoms with Crippen molar-refractivity contribution in [3.8, 4) is 34.2 Å². The normalized spacial score (nSPS) is 14.5. The minimum atomic E-state index is 0.137. The predicted molar refractivity (Wildman–Crippen MR) is 218 cm³/mol. The fourth-order valence-corrected chi connectivity index (χ4v) is 8.09. The molecule has 0 spiro atoms. The van der Waals surface area contributed by atoms with Crippen LogP contribution in [0.4, 0.5) is 0 Å². The summed E-state index contributed by atoms with van der Waals surface area (Å²) in [6.07, 6.45) is 5.56. The summed E-state index contributed by atoms with van der Waals surface area (Å²) in [5.41, 5.74) is 9.31. The second-order valence-electron chi connectivity index (χ2n) is 13.0. The molecule has 0 fully saturated rings. The quantitative estimate of drug-likeness (QED) is 0.168. The second-order valence-corrected chi connectivity index (χ2v) is 14.0. The van der Waals surface area contributed by atoms with E-state index in [4.69, 9.17) is 19.9 Å². The average Bonchev–Trinajstić information content (AvgIpc) is 3.47. The molecule has 0 N–H and O–H groups in total. The van der Waals surface area contributed by atoms with E-state index in [2.05, 4.69) is 116 Å². The molecule has 5 heteroatoms. The summed E-state index contributed by atoms with van der Waals surface area (Å²) in [4.78, 5) is 20.4. The van der Waals surface area contributed by atoms with Crippen LogP contribution in [0.2, 0.25) is 0 Å². The van der Waals surface area contributed by atoms with Crippen LogP contribution in [0.1, 0.15) is 30.0 Å². The molecule has 6 aromatic carbocycles. The van der Waals surface area contributed by atoms with Crippen LogP contribution >= 0.6 is 11.3 Å². The Morgan fingerprint density at radius 3 is 1.71 bits per heavy atom. The highest BCUT2D eigenvalue weighted by atomic mass is 32.1. The molecule has 0 bridgehead atoms. The zero-order valence-corrected chi connectivity index (χ0v) is 29.5. The highest BCUT2D eigenvalue weighted by molar-refractivity contribution is 7.25. The molecule has 2 aromatic heterocycles. The van der Waals surface area contributed by atoms with Crippen molar-refractivity contribution in [2.24, 2.45) is 10.9 Å². The molecule has 1 atom stereocenters. The molecule has 248 valence electrons. The number of allylic oxidation sites excluding steroid dienone is 3. The van der Waals surface area contributed by atoms with Crippen molar-refractivity contribution < 1.29 is 0 Å². The van der Waals surface area contributed by atoms with Gasteiger partial charge in [-0.1, -0.05) is 153 Å².